The fourth-order valence-electron chi connectivity index (χ4n) is 4.11. The summed E-state index contributed by atoms with van der Waals surface area (Å²) in [5.74, 6) is -0.712. The van der Waals surface area contributed by atoms with Crippen molar-refractivity contribution in [2.24, 2.45) is 0 Å². The first kappa shape index (κ1) is 22.2. The Morgan fingerprint density at radius 1 is 1.09 bits per heavy atom. The van der Waals surface area contributed by atoms with Gasteiger partial charge in [-0.05, 0) is 82.0 Å². The standard InChI is InChI=1S/C24H23F2NO4S/c1-13-11-19(14(2)27(13)17-7-9-18(10-8-17)31-24(25)26)22(28)15(3)30-23(29)21-12-16-5-4-6-20(16)32-21/h7-12,15,24H,4-6H2,1-3H3. The molecule has 2 aromatic heterocycles. The average molecular weight is 460 g/mol. The normalized spacial score (nSPS) is 13.8. The highest BCUT2D eigenvalue weighted by Crippen LogP contribution is 2.31. The van der Waals surface area contributed by atoms with E-state index in [9.17, 15) is 18.4 Å². The maximum Gasteiger partial charge on any atom is 0.387 e. The second-order valence-electron chi connectivity index (χ2n) is 7.82. The van der Waals surface area contributed by atoms with Gasteiger partial charge in [0.1, 0.15) is 10.6 Å². The number of carbonyl (C=O) groups excluding carboxylic acids is 2. The van der Waals surface area contributed by atoms with Crippen LogP contribution >= 0.6 is 11.3 Å². The second kappa shape index (κ2) is 8.86. The minimum atomic E-state index is -2.89. The number of thiophene rings is 1. The molecule has 0 spiro atoms. The maximum absolute atomic E-state index is 13.1. The lowest BCUT2D eigenvalue weighted by Crippen LogP contribution is -2.24. The van der Waals surface area contributed by atoms with E-state index in [0.717, 1.165) is 25.0 Å². The highest BCUT2D eigenvalue weighted by atomic mass is 32.1. The fraction of sp³-hybridized carbons (Fsp3) is 0.333. The van der Waals surface area contributed by atoms with E-state index >= 15 is 0 Å². The van der Waals surface area contributed by atoms with Crippen LogP contribution in [0.5, 0.6) is 5.75 Å². The predicted octanol–water partition coefficient (Wildman–Crippen LogP) is 5.67. The number of hydrogen-bond donors (Lipinski definition) is 0. The van der Waals surface area contributed by atoms with Gasteiger partial charge in [0.15, 0.2) is 6.10 Å². The molecule has 8 heteroatoms. The molecule has 2 heterocycles. The van der Waals surface area contributed by atoms with Gasteiger partial charge in [-0.1, -0.05) is 0 Å². The molecule has 32 heavy (non-hydrogen) atoms. The minimum absolute atomic E-state index is 0.0580. The largest absolute Gasteiger partial charge is 0.450 e. The van der Waals surface area contributed by atoms with Crippen molar-refractivity contribution in [3.63, 3.8) is 0 Å². The molecule has 1 unspecified atom stereocenters. The summed E-state index contributed by atoms with van der Waals surface area (Å²) in [6, 6.07) is 9.80. The monoisotopic (exact) mass is 459 g/mol. The summed E-state index contributed by atoms with van der Waals surface area (Å²) in [5, 5.41) is 0. The number of rotatable bonds is 7. The third-order valence-electron chi connectivity index (χ3n) is 5.62. The number of benzene rings is 1. The SMILES string of the molecule is Cc1cc(C(=O)C(C)OC(=O)c2cc3c(s2)CCC3)c(C)n1-c1ccc(OC(F)F)cc1. The Kier molecular flexibility index (Phi) is 6.15. The Bertz CT molecular complexity index is 1140. The Morgan fingerprint density at radius 3 is 2.47 bits per heavy atom. The van der Waals surface area contributed by atoms with Gasteiger partial charge in [-0.25, -0.2) is 4.79 Å². The molecule has 168 valence electrons. The quantitative estimate of drug-likeness (QED) is 0.337. The molecule has 0 aliphatic heterocycles. The van der Waals surface area contributed by atoms with Crippen molar-refractivity contribution in [2.45, 2.75) is 52.7 Å². The van der Waals surface area contributed by atoms with Crippen molar-refractivity contribution >= 4 is 23.1 Å². The van der Waals surface area contributed by atoms with Gasteiger partial charge in [-0.3, -0.25) is 4.79 Å². The Hall–Kier alpha value is -3.00. The molecular weight excluding hydrogens is 436 g/mol. The van der Waals surface area contributed by atoms with E-state index in [1.54, 1.807) is 32.0 Å². The van der Waals surface area contributed by atoms with Crippen molar-refractivity contribution < 1.29 is 27.8 Å². The van der Waals surface area contributed by atoms with Crippen LogP contribution < -0.4 is 4.74 Å². The molecule has 1 atom stereocenters. The third-order valence-corrected chi connectivity index (χ3v) is 6.83. The molecule has 0 saturated heterocycles. The molecule has 1 aliphatic carbocycles. The van der Waals surface area contributed by atoms with Gasteiger partial charge in [-0.15, -0.1) is 11.3 Å². The van der Waals surface area contributed by atoms with Crippen LogP contribution in [-0.4, -0.2) is 29.0 Å². The van der Waals surface area contributed by atoms with Gasteiger partial charge in [0.05, 0.1) is 0 Å². The van der Waals surface area contributed by atoms with E-state index in [2.05, 4.69) is 4.74 Å². The third kappa shape index (κ3) is 4.32. The molecule has 1 aliphatic rings. The van der Waals surface area contributed by atoms with Crippen molar-refractivity contribution in [1.29, 1.82) is 0 Å². The van der Waals surface area contributed by atoms with E-state index in [-0.39, 0.29) is 11.5 Å². The molecule has 0 bridgehead atoms. The molecule has 0 N–H and O–H groups in total. The van der Waals surface area contributed by atoms with Crippen molar-refractivity contribution in [3.8, 4) is 11.4 Å². The summed E-state index contributed by atoms with van der Waals surface area (Å²) in [7, 11) is 0. The van der Waals surface area contributed by atoms with E-state index in [1.165, 1.54) is 33.9 Å². The number of ketones is 1. The lowest BCUT2D eigenvalue weighted by Gasteiger charge is -2.13. The number of nitrogens with zero attached hydrogens (tertiary/aromatic N) is 1. The van der Waals surface area contributed by atoms with Crippen LogP contribution in [0.25, 0.3) is 5.69 Å². The number of Topliss-reactive ketones (excluding diaryl/α,β-unsaturated/α-hetero) is 1. The number of carbonyl (C=O) groups is 2. The Balaban J connectivity index is 1.50. The molecule has 4 rings (SSSR count). The van der Waals surface area contributed by atoms with Gasteiger partial charge in [0.25, 0.3) is 0 Å². The van der Waals surface area contributed by atoms with Gasteiger partial charge >= 0.3 is 12.6 Å². The summed E-state index contributed by atoms with van der Waals surface area (Å²) in [5.41, 5.74) is 3.83. The van der Waals surface area contributed by atoms with Crippen molar-refractivity contribution in [1.82, 2.24) is 4.57 Å². The average Bonchev–Trinajstić information content (AvgIpc) is 3.41. The molecule has 5 nitrogen and oxygen atoms in total. The highest BCUT2D eigenvalue weighted by molar-refractivity contribution is 7.14. The smallest absolute Gasteiger partial charge is 0.387 e. The van der Waals surface area contributed by atoms with Crippen LogP contribution in [0.1, 0.15) is 55.2 Å². The number of hydrogen-bond acceptors (Lipinski definition) is 5. The molecule has 1 aromatic carbocycles. The first-order chi connectivity index (χ1) is 15.2. The van der Waals surface area contributed by atoms with Crippen LogP contribution in [0.2, 0.25) is 0 Å². The highest BCUT2D eigenvalue weighted by Gasteiger charge is 2.26. The molecule has 0 radical (unpaired) electrons. The van der Waals surface area contributed by atoms with Gasteiger partial charge < -0.3 is 14.0 Å². The van der Waals surface area contributed by atoms with Crippen LogP contribution in [0, 0.1) is 13.8 Å². The van der Waals surface area contributed by atoms with E-state index in [0.29, 0.717) is 21.8 Å². The molecular formula is C24H23F2NO4S. The van der Waals surface area contributed by atoms with Crippen LogP contribution in [0.3, 0.4) is 0 Å². The number of aryl methyl sites for hydroxylation is 3. The van der Waals surface area contributed by atoms with Gasteiger partial charge in [0, 0.05) is 27.5 Å². The van der Waals surface area contributed by atoms with E-state index < -0.39 is 18.7 Å². The number of halogens is 2. The maximum atomic E-state index is 13.1. The zero-order valence-electron chi connectivity index (χ0n) is 18.0. The molecule has 0 saturated carbocycles. The van der Waals surface area contributed by atoms with E-state index in [4.69, 9.17) is 4.74 Å². The molecule has 0 amide bonds. The first-order valence-corrected chi connectivity index (χ1v) is 11.2. The number of esters is 1. The lowest BCUT2D eigenvalue weighted by atomic mass is 10.1. The Labute approximate surface area is 188 Å². The predicted molar refractivity (Wildman–Crippen MR) is 117 cm³/mol. The van der Waals surface area contributed by atoms with Crippen molar-refractivity contribution in [3.05, 3.63) is 68.7 Å². The summed E-state index contributed by atoms with van der Waals surface area (Å²) in [4.78, 5) is 27.4. The molecule has 0 fully saturated rings. The van der Waals surface area contributed by atoms with Crippen LogP contribution in [0.4, 0.5) is 8.78 Å². The number of alkyl halides is 2. The molecule has 3 aromatic rings. The topological polar surface area (TPSA) is 57.5 Å². The van der Waals surface area contributed by atoms with Gasteiger partial charge in [-0.2, -0.15) is 8.78 Å². The summed E-state index contributed by atoms with van der Waals surface area (Å²) in [6.45, 7) is 2.32. The minimum Gasteiger partial charge on any atom is -0.450 e. The zero-order valence-corrected chi connectivity index (χ0v) is 18.8. The Morgan fingerprint density at radius 2 is 1.81 bits per heavy atom. The summed E-state index contributed by atoms with van der Waals surface area (Å²) >= 11 is 1.44. The van der Waals surface area contributed by atoms with Crippen LogP contribution in [0.15, 0.2) is 36.4 Å². The number of aromatic nitrogens is 1. The van der Waals surface area contributed by atoms with Crippen molar-refractivity contribution in [2.75, 3.05) is 0 Å². The number of ether oxygens (including phenoxy) is 2. The lowest BCUT2D eigenvalue weighted by molar-refractivity contribution is -0.0498. The summed E-state index contributed by atoms with van der Waals surface area (Å²) < 4.78 is 36.5. The fourth-order valence-corrected chi connectivity index (χ4v) is 5.24. The van der Waals surface area contributed by atoms with E-state index in [1.807, 2.05) is 17.6 Å². The number of fused-ring (bicyclic) bond motifs is 1. The second-order valence-corrected chi connectivity index (χ2v) is 8.95. The first-order valence-electron chi connectivity index (χ1n) is 10.4. The van der Waals surface area contributed by atoms with Gasteiger partial charge in [0.2, 0.25) is 5.78 Å². The van der Waals surface area contributed by atoms with Crippen LogP contribution in [-0.2, 0) is 17.6 Å². The zero-order chi connectivity index (χ0) is 23.0. The summed E-state index contributed by atoms with van der Waals surface area (Å²) in [6.07, 6.45) is 2.15.